The van der Waals surface area contributed by atoms with Crippen molar-refractivity contribution < 1.29 is 13.5 Å². The fourth-order valence-electron chi connectivity index (χ4n) is 1.46. The summed E-state index contributed by atoms with van der Waals surface area (Å²) in [6.07, 6.45) is 4.13. The highest BCUT2D eigenvalue weighted by molar-refractivity contribution is 7.93. The Hall–Kier alpha value is -0.730. The van der Waals surface area contributed by atoms with Gasteiger partial charge in [-0.1, -0.05) is 17.8 Å². The molecule has 0 aromatic carbocycles. The van der Waals surface area contributed by atoms with Gasteiger partial charge in [-0.05, 0) is 25.7 Å². The maximum atomic E-state index is 11.9. The molecule has 1 aromatic heterocycles. The number of anilines is 1. The number of rotatable bonds is 8. The zero-order valence-corrected chi connectivity index (χ0v) is 11.6. The third kappa shape index (κ3) is 3.89. The van der Waals surface area contributed by atoms with E-state index < -0.39 is 9.84 Å². The minimum absolute atomic E-state index is 0.0745. The van der Waals surface area contributed by atoms with E-state index in [1.807, 2.05) is 0 Å². The Bertz CT molecular complexity index is 482. The highest BCUT2D eigenvalue weighted by Crippen LogP contribution is 2.28. The van der Waals surface area contributed by atoms with Gasteiger partial charge in [0.1, 0.15) is 0 Å². The molecular formula is C10H17N3O3S2. The van der Waals surface area contributed by atoms with E-state index in [-0.39, 0.29) is 16.7 Å². The van der Waals surface area contributed by atoms with E-state index in [0.717, 1.165) is 24.2 Å². The molecule has 0 spiro atoms. The number of nitrogens with zero attached hydrogens (tertiary/aromatic N) is 2. The van der Waals surface area contributed by atoms with E-state index >= 15 is 0 Å². The van der Waals surface area contributed by atoms with Gasteiger partial charge in [0.15, 0.2) is 0 Å². The van der Waals surface area contributed by atoms with Crippen LogP contribution in [0.2, 0.25) is 0 Å². The van der Waals surface area contributed by atoms with Crippen molar-refractivity contribution in [3.05, 3.63) is 0 Å². The molecule has 1 aromatic rings. The number of aliphatic hydroxyl groups excluding tert-OH is 1. The summed E-state index contributed by atoms with van der Waals surface area (Å²) in [6.45, 7) is 0.105. The Balaban J connectivity index is 1.89. The van der Waals surface area contributed by atoms with Crippen molar-refractivity contribution in [2.45, 2.75) is 42.5 Å². The lowest BCUT2D eigenvalue weighted by Gasteiger charge is -1.99. The smallest absolute Gasteiger partial charge is 0.234 e. The molecule has 0 bridgehead atoms. The zero-order chi connectivity index (χ0) is 13.0. The summed E-state index contributed by atoms with van der Waals surface area (Å²) < 4.78 is 23.9. The van der Waals surface area contributed by atoms with E-state index in [4.69, 9.17) is 5.11 Å². The summed E-state index contributed by atoms with van der Waals surface area (Å²) in [6, 6.07) is 0.443. The van der Waals surface area contributed by atoms with E-state index in [1.165, 1.54) is 0 Å². The first-order valence-corrected chi connectivity index (χ1v) is 8.52. The number of aromatic nitrogens is 2. The van der Waals surface area contributed by atoms with Crippen LogP contribution in [0.4, 0.5) is 5.13 Å². The molecule has 102 valence electrons. The van der Waals surface area contributed by atoms with Crippen molar-refractivity contribution in [2.24, 2.45) is 0 Å². The summed E-state index contributed by atoms with van der Waals surface area (Å²) in [5.74, 6) is 0.0745. The molecule has 6 nitrogen and oxygen atoms in total. The number of unbranched alkanes of at least 4 members (excludes halogenated alkanes) is 2. The molecule has 8 heteroatoms. The molecule has 2 rings (SSSR count). The third-order valence-corrected chi connectivity index (χ3v) is 5.75. The summed E-state index contributed by atoms with van der Waals surface area (Å²) >= 11 is 1.10. The highest BCUT2D eigenvalue weighted by Gasteiger charge is 2.25. The first kappa shape index (κ1) is 13.7. The number of sulfone groups is 1. The highest BCUT2D eigenvalue weighted by atomic mass is 32.2. The molecule has 0 radical (unpaired) electrons. The molecule has 1 heterocycles. The summed E-state index contributed by atoms with van der Waals surface area (Å²) in [5.41, 5.74) is 0. The molecule has 0 amide bonds. The van der Waals surface area contributed by atoms with Gasteiger partial charge in [0.05, 0.1) is 5.75 Å². The normalized spacial score (nSPS) is 15.8. The van der Waals surface area contributed by atoms with E-state index in [0.29, 0.717) is 30.4 Å². The van der Waals surface area contributed by atoms with E-state index in [2.05, 4.69) is 15.5 Å². The van der Waals surface area contributed by atoms with Crippen molar-refractivity contribution >= 4 is 26.3 Å². The molecular weight excluding hydrogens is 274 g/mol. The monoisotopic (exact) mass is 291 g/mol. The molecule has 0 saturated heterocycles. The van der Waals surface area contributed by atoms with Gasteiger partial charge in [0, 0.05) is 12.6 Å². The lowest BCUT2D eigenvalue weighted by Crippen LogP contribution is -2.06. The molecule has 18 heavy (non-hydrogen) atoms. The average Bonchev–Trinajstić information content (AvgIpc) is 3.00. The van der Waals surface area contributed by atoms with Crippen LogP contribution in [0.3, 0.4) is 0 Å². The molecule has 0 aliphatic heterocycles. The third-order valence-electron chi connectivity index (χ3n) is 2.65. The summed E-state index contributed by atoms with van der Waals surface area (Å²) in [7, 11) is -3.31. The predicted molar refractivity (Wildman–Crippen MR) is 69.5 cm³/mol. The fraction of sp³-hybridized carbons (Fsp3) is 0.800. The SMILES string of the molecule is O=S(=O)(CCCCCO)c1nnc(NC2CC2)s1. The van der Waals surface area contributed by atoms with Gasteiger partial charge in [-0.2, -0.15) is 0 Å². The van der Waals surface area contributed by atoms with Gasteiger partial charge in [0.2, 0.25) is 19.3 Å². The molecule has 1 saturated carbocycles. The second kappa shape index (κ2) is 5.94. The lowest BCUT2D eigenvalue weighted by atomic mass is 10.3. The fourth-order valence-corrected chi connectivity index (χ4v) is 3.94. The molecule has 1 fully saturated rings. The van der Waals surface area contributed by atoms with Gasteiger partial charge < -0.3 is 10.4 Å². The second-order valence-electron chi connectivity index (χ2n) is 4.39. The second-order valence-corrected chi connectivity index (χ2v) is 7.66. The zero-order valence-electron chi connectivity index (χ0n) is 10.0. The number of hydrogen-bond donors (Lipinski definition) is 2. The van der Waals surface area contributed by atoms with Gasteiger partial charge in [-0.25, -0.2) is 8.42 Å². The first-order valence-electron chi connectivity index (χ1n) is 6.05. The molecule has 0 atom stereocenters. The number of nitrogens with one attached hydrogen (secondary N) is 1. The van der Waals surface area contributed by atoms with Crippen LogP contribution < -0.4 is 5.32 Å². The van der Waals surface area contributed by atoms with E-state index in [1.54, 1.807) is 0 Å². The Kier molecular flexibility index (Phi) is 4.52. The van der Waals surface area contributed by atoms with Crippen LogP contribution in [0, 0.1) is 0 Å². The maximum Gasteiger partial charge on any atom is 0.234 e. The number of aliphatic hydroxyl groups is 1. The van der Waals surface area contributed by atoms with Crippen molar-refractivity contribution in [3.8, 4) is 0 Å². The van der Waals surface area contributed by atoms with Crippen molar-refractivity contribution in [1.29, 1.82) is 0 Å². The average molecular weight is 291 g/mol. The first-order chi connectivity index (χ1) is 8.62. The maximum absolute atomic E-state index is 11.9. The Morgan fingerprint density at radius 3 is 2.72 bits per heavy atom. The van der Waals surface area contributed by atoms with Crippen LogP contribution in [-0.2, 0) is 9.84 Å². The summed E-state index contributed by atoms with van der Waals surface area (Å²) in [4.78, 5) is 0. The Morgan fingerprint density at radius 1 is 1.28 bits per heavy atom. The van der Waals surface area contributed by atoms with Crippen molar-refractivity contribution in [2.75, 3.05) is 17.7 Å². The van der Waals surface area contributed by atoms with Crippen LogP contribution in [0.5, 0.6) is 0 Å². The van der Waals surface area contributed by atoms with Crippen LogP contribution in [0.25, 0.3) is 0 Å². The predicted octanol–water partition coefficient (Wildman–Crippen LogP) is 1.05. The van der Waals surface area contributed by atoms with Crippen LogP contribution in [-0.4, -0.2) is 42.1 Å². The van der Waals surface area contributed by atoms with Crippen molar-refractivity contribution in [3.63, 3.8) is 0 Å². The van der Waals surface area contributed by atoms with Crippen LogP contribution in [0.15, 0.2) is 4.34 Å². The molecule has 1 aliphatic carbocycles. The lowest BCUT2D eigenvalue weighted by molar-refractivity contribution is 0.284. The largest absolute Gasteiger partial charge is 0.396 e. The van der Waals surface area contributed by atoms with Crippen molar-refractivity contribution in [1.82, 2.24) is 10.2 Å². The minimum Gasteiger partial charge on any atom is -0.396 e. The molecule has 2 N–H and O–H groups in total. The Labute approximate surface area is 110 Å². The quantitative estimate of drug-likeness (QED) is 0.696. The van der Waals surface area contributed by atoms with Gasteiger partial charge in [-0.3, -0.25) is 0 Å². The van der Waals surface area contributed by atoms with Gasteiger partial charge >= 0.3 is 0 Å². The number of hydrogen-bond acceptors (Lipinski definition) is 7. The molecule has 1 aliphatic rings. The minimum atomic E-state index is -3.31. The topological polar surface area (TPSA) is 92.2 Å². The standard InChI is InChI=1S/C10H17N3O3S2/c14-6-2-1-3-7-18(15,16)10-13-12-9(17-10)11-8-4-5-8/h8,14H,1-7H2,(H,11,12). The van der Waals surface area contributed by atoms with Gasteiger partial charge in [0.25, 0.3) is 0 Å². The van der Waals surface area contributed by atoms with Crippen LogP contribution in [0.1, 0.15) is 32.1 Å². The Morgan fingerprint density at radius 2 is 2.06 bits per heavy atom. The summed E-state index contributed by atoms with van der Waals surface area (Å²) in [5, 5.41) is 19.9. The van der Waals surface area contributed by atoms with Crippen LogP contribution >= 0.6 is 11.3 Å². The molecule has 0 unspecified atom stereocenters. The van der Waals surface area contributed by atoms with E-state index in [9.17, 15) is 8.42 Å². The van der Waals surface area contributed by atoms with Gasteiger partial charge in [-0.15, -0.1) is 10.2 Å².